The molecule has 0 unspecified atom stereocenters. The van der Waals surface area contributed by atoms with Crippen molar-refractivity contribution < 1.29 is 14.6 Å². The molecule has 0 aliphatic heterocycles. The zero-order valence-corrected chi connectivity index (χ0v) is 16.5. The number of nitro benzene ring substituents is 2. The van der Waals surface area contributed by atoms with E-state index in [1.807, 2.05) is 0 Å². The van der Waals surface area contributed by atoms with E-state index in [2.05, 4.69) is 22.8 Å². The molecule has 1 aromatic rings. The van der Waals surface area contributed by atoms with Gasteiger partial charge in [-0.3, -0.25) is 25.0 Å². The van der Waals surface area contributed by atoms with Crippen molar-refractivity contribution in [2.24, 2.45) is 5.92 Å². The molecule has 2 N–H and O–H groups in total. The number of anilines is 1. The fourth-order valence-electron chi connectivity index (χ4n) is 3.30. The van der Waals surface area contributed by atoms with Crippen LogP contribution in [0.3, 0.4) is 0 Å². The molecule has 1 aromatic carbocycles. The first-order chi connectivity index (χ1) is 14.0. The molecule has 29 heavy (non-hydrogen) atoms. The number of nitro groups is 2. The second kappa shape index (κ2) is 11.8. The van der Waals surface area contributed by atoms with E-state index >= 15 is 0 Å². The second-order valence-electron chi connectivity index (χ2n) is 7.19. The molecule has 9 heteroatoms. The van der Waals surface area contributed by atoms with Gasteiger partial charge in [-0.2, -0.15) is 0 Å². The van der Waals surface area contributed by atoms with Crippen LogP contribution in [0.5, 0.6) is 0 Å². The highest BCUT2D eigenvalue weighted by Crippen LogP contribution is 2.28. The van der Waals surface area contributed by atoms with E-state index in [0.717, 1.165) is 64.0 Å². The first-order valence-electron chi connectivity index (χ1n) is 10.1. The number of benzene rings is 1. The maximum absolute atomic E-state index is 11.9. The summed E-state index contributed by atoms with van der Waals surface area (Å²) in [6, 6.07) is 3.62. The molecule has 1 aliphatic rings. The summed E-state index contributed by atoms with van der Waals surface area (Å²) in [5, 5.41) is 27.8. The molecule has 1 aliphatic carbocycles. The standard InChI is InChI=1S/C20H28N4O5/c25-20(16-9-5-6-10-16)22-14-8-4-2-1-3-7-13-21-18-12-11-17(23(26)27)15-19(18)24(28)29/h5-6,11-12,15-16,21H,1-4,7-10,13-14H2,(H,22,25). The maximum Gasteiger partial charge on any atom is 0.299 e. The minimum Gasteiger partial charge on any atom is -0.379 e. The van der Waals surface area contributed by atoms with Crippen LogP contribution in [0.4, 0.5) is 17.1 Å². The van der Waals surface area contributed by atoms with Crippen molar-refractivity contribution in [2.75, 3.05) is 18.4 Å². The van der Waals surface area contributed by atoms with Gasteiger partial charge in [-0.25, -0.2) is 0 Å². The fourth-order valence-corrected chi connectivity index (χ4v) is 3.30. The maximum atomic E-state index is 11.9. The van der Waals surface area contributed by atoms with Crippen molar-refractivity contribution in [1.29, 1.82) is 0 Å². The zero-order valence-electron chi connectivity index (χ0n) is 16.5. The Kier molecular flexibility index (Phi) is 9.07. The minimum atomic E-state index is -0.645. The van der Waals surface area contributed by atoms with Gasteiger partial charge in [0.05, 0.1) is 15.9 Å². The molecular formula is C20H28N4O5. The van der Waals surface area contributed by atoms with Gasteiger partial charge >= 0.3 is 0 Å². The van der Waals surface area contributed by atoms with Gasteiger partial charge in [0.15, 0.2) is 0 Å². The van der Waals surface area contributed by atoms with E-state index in [-0.39, 0.29) is 23.2 Å². The highest BCUT2D eigenvalue weighted by atomic mass is 16.6. The van der Waals surface area contributed by atoms with E-state index in [0.29, 0.717) is 12.2 Å². The summed E-state index contributed by atoms with van der Waals surface area (Å²) < 4.78 is 0. The van der Waals surface area contributed by atoms with Crippen LogP contribution in [-0.2, 0) is 4.79 Å². The summed E-state index contributed by atoms with van der Waals surface area (Å²) in [7, 11) is 0. The predicted octanol–water partition coefficient (Wildman–Crippen LogP) is 4.34. The number of hydrogen-bond acceptors (Lipinski definition) is 6. The first kappa shape index (κ1) is 22.3. The minimum absolute atomic E-state index is 0.120. The Morgan fingerprint density at radius 2 is 1.55 bits per heavy atom. The zero-order chi connectivity index (χ0) is 21.1. The van der Waals surface area contributed by atoms with Crippen molar-refractivity contribution in [3.05, 3.63) is 50.6 Å². The van der Waals surface area contributed by atoms with Crippen LogP contribution in [-0.4, -0.2) is 28.8 Å². The van der Waals surface area contributed by atoms with Gasteiger partial charge in [-0.1, -0.05) is 37.8 Å². The Hall–Kier alpha value is -2.97. The van der Waals surface area contributed by atoms with Crippen molar-refractivity contribution in [1.82, 2.24) is 5.32 Å². The highest BCUT2D eigenvalue weighted by Gasteiger charge is 2.19. The number of amides is 1. The van der Waals surface area contributed by atoms with Gasteiger partial charge in [-0.05, 0) is 31.7 Å². The quantitative estimate of drug-likeness (QED) is 0.218. The summed E-state index contributed by atoms with van der Waals surface area (Å²) in [5.41, 5.74) is -0.276. The molecule has 0 spiro atoms. The van der Waals surface area contributed by atoms with E-state index in [9.17, 15) is 25.0 Å². The Bertz CT molecular complexity index is 742. The molecule has 0 saturated heterocycles. The summed E-state index contributed by atoms with van der Waals surface area (Å²) in [4.78, 5) is 32.4. The second-order valence-corrected chi connectivity index (χ2v) is 7.19. The molecule has 0 bridgehead atoms. The smallest absolute Gasteiger partial charge is 0.299 e. The van der Waals surface area contributed by atoms with Gasteiger partial charge in [0.2, 0.25) is 5.91 Å². The third-order valence-electron chi connectivity index (χ3n) is 4.99. The van der Waals surface area contributed by atoms with Gasteiger partial charge in [-0.15, -0.1) is 0 Å². The summed E-state index contributed by atoms with van der Waals surface area (Å²) in [6.07, 6.45) is 11.8. The van der Waals surface area contributed by atoms with Crippen LogP contribution in [0.25, 0.3) is 0 Å². The van der Waals surface area contributed by atoms with E-state index in [1.165, 1.54) is 12.1 Å². The average Bonchev–Trinajstić information content (AvgIpc) is 3.24. The Morgan fingerprint density at radius 1 is 0.931 bits per heavy atom. The number of carbonyl (C=O) groups is 1. The molecule has 2 rings (SSSR count). The number of allylic oxidation sites excluding steroid dienone is 2. The van der Waals surface area contributed by atoms with Crippen LogP contribution >= 0.6 is 0 Å². The van der Waals surface area contributed by atoms with Crippen molar-refractivity contribution >= 4 is 23.0 Å². The number of hydrogen-bond donors (Lipinski definition) is 2. The van der Waals surface area contributed by atoms with Crippen molar-refractivity contribution in [3.63, 3.8) is 0 Å². The molecule has 0 atom stereocenters. The lowest BCUT2D eigenvalue weighted by Gasteiger charge is -2.10. The molecule has 0 saturated carbocycles. The number of rotatable bonds is 13. The summed E-state index contributed by atoms with van der Waals surface area (Å²) in [5.74, 6) is 0.274. The molecule has 9 nitrogen and oxygen atoms in total. The molecule has 0 heterocycles. The molecule has 0 radical (unpaired) electrons. The topological polar surface area (TPSA) is 127 Å². The summed E-state index contributed by atoms with van der Waals surface area (Å²) in [6.45, 7) is 1.30. The fraction of sp³-hybridized carbons (Fsp3) is 0.550. The normalized spacial score (nSPS) is 13.4. The van der Waals surface area contributed by atoms with Gasteiger partial charge < -0.3 is 10.6 Å². The third kappa shape index (κ3) is 7.52. The third-order valence-corrected chi connectivity index (χ3v) is 4.99. The lowest BCUT2D eigenvalue weighted by molar-refractivity contribution is -0.393. The molecular weight excluding hydrogens is 376 g/mol. The lowest BCUT2D eigenvalue weighted by Crippen LogP contribution is -2.30. The summed E-state index contributed by atoms with van der Waals surface area (Å²) >= 11 is 0. The largest absolute Gasteiger partial charge is 0.379 e. The van der Waals surface area contributed by atoms with E-state index < -0.39 is 9.85 Å². The van der Waals surface area contributed by atoms with Gasteiger partial charge in [0, 0.05) is 25.1 Å². The number of unbranched alkanes of at least 4 members (excludes halogenated alkanes) is 5. The molecule has 158 valence electrons. The number of nitrogens with one attached hydrogen (secondary N) is 2. The SMILES string of the molecule is O=C(NCCCCCCCCNc1ccc([N+](=O)[O-])cc1[N+](=O)[O-])C1CC=CC1. The van der Waals surface area contributed by atoms with Gasteiger partial charge in [0.1, 0.15) is 5.69 Å². The van der Waals surface area contributed by atoms with Crippen molar-refractivity contribution in [3.8, 4) is 0 Å². The lowest BCUT2D eigenvalue weighted by atomic mass is 10.1. The molecule has 0 fully saturated rings. The monoisotopic (exact) mass is 404 g/mol. The average molecular weight is 404 g/mol. The van der Waals surface area contributed by atoms with E-state index in [1.54, 1.807) is 0 Å². The van der Waals surface area contributed by atoms with Crippen LogP contribution in [0.2, 0.25) is 0 Å². The Balaban J connectivity index is 1.53. The first-order valence-corrected chi connectivity index (χ1v) is 10.1. The Morgan fingerprint density at radius 3 is 2.17 bits per heavy atom. The number of carbonyl (C=O) groups excluding carboxylic acids is 1. The number of non-ortho nitro benzene ring substituents is 1. The highest BCUT2D eigenvalue weighted by molar-refractivity contribution is 5.79. The number of nitrogens with zero attached hydrogens (tertiary/aromatic N) is 2. The molecule has 1 amide bonds. The van der Waals surface area contributed by atoms with Crippen LogP contribution in [0, 0.1) is 26.1 Å². The Labute approximate surface area is 169 Å². The van der Waals surface area contributed by atoms with Gasteiger partial charge in [0.25, 0.3) is 11.4 Å². The van der Waals surface area contributed by atoms with E-state index in [4.69, 9.17) is 0 Å². The predicted molar refractivity (Wildman–Crippen MR) is 111 cm³/mol. The van der Waals surface area contributed by atoms with Crippen LogP contribution < -0.4 is 10.6 Å². The van der Waals surface area contributed by atoms with Crippen LogP contribution in [0.15, 0.2) is 30.4 Å². The molecule has 0 aromatic heterocycles. The van der Waals surface area contributed by atoms with Crippen LogP contribution in [0.1, 0.15) is 51.4 Å². The van der Waals surface area contributed by atoms with Crippen molar-refractivity contribution in [2.45, 2.75) is 51.4 Å².